The van der Waals surface area contributed by atoms with E-state index < -0.39 is 0 Å². The van der Waals surface area contributed by atoms with E-state index in [-0.39, 0.29) is 5.91 Å². The first-order valence-electron chi connectivity index (χ1n) is 7.17. The van der Waals surface area contributed by atoms with Crippen molar-refractivity contribution in [1.29, 1.82) is 0 Å². The smallest absolute Gasteiger partial charge is 0.271 e. The van der Waals surface area contributed by atoms with Crippen LogP contribution in [-0.4, -0.2) is 29.0 Å². The molecule has 1 aromatic heterocycles. The number of anilines is 1. The summed E-state index contributed by atoms with van der Waals surface area (Å²) < 4.78 is 0. The van der Waals surface area contributed by atoms with Crippen molar-refractivity contribution in [3.05, 3.63) is 54.0 Å². The minimum absolute atomic E-state index is 0.180. The number of aromatic nitrogens is 2. The summed E-state index contributed by atoms with van der Waals surface area (Å²) in [6.45, 7) is 3.43. The number of hydrogen-bond donors (Lipinski definition) is 2. The van der Waals surface area contributed by atoms with E-state index in [2.05, 4.69) is 32.7 Å². The molecule has 0 saturated heterocycles. The van der Waals surface area contributed by atoms with E-state index in [0.717, 1.165) is 19.4 Å². The van der Waals surface area contributed by atoms with E-state index in [1.807, 2.05) is 25.1 Å². The van der Waals surface area contributed by atoms with Gasteiger partial charge in [0.05, 0.1) is 12.4 Å². The maximum atomic E-state index is 11.7. The molecule has 0 spiro atoms. The van der Waals surface area contributed by atoms with Gasteiger partial charge in [0.1, 0.15) is 11.5 Å². The molecular weight excluding hydrogens is 264 g/mol. The Labute approximate surface area is 124 Å². The van der Waals surface area contributed by atoms with Crippen LogP contribution in [0.5, 0.6) is 0 Å². The number of nitrogens with zero attached hydrogens (tertiary/aromatic N) is 2. The molecule has 5 heteroatoms. The van der Waals surface area contributed by atoms with Crippen LogP contribution >= 0.6 is 0 Å². The summed E-state index contributed by atoms with van der Waals surface area (Å²) in [5, 5.41) is 5.97. The fourth-order valence-corrected chi connectivity index (χ4v) is 1.85. The van der Waals surface area contributed by atoms with E-state index in [1.54, 1.807) is 6.20 Å². The molecule has 0 radical (unpaired) electrons. The van der Waals surface area contributed by atoms with Crippen LogP contribution in [0.25, 0.3) is 0 Å². The Morgan fingerprint density at radius 2 is 1.90 bits per heavy atom. The van der Waals surface area contributed by atoms with Gasteiger partial charge in [-0.3, -0.25) is 4.79 Å². The SMILES string of the molecule is CCCNC(=O)c1cnc(NCCc2ccccc2)cn1. The Morgan fingerprint density at radius 3 is 2.57 bits per heavy atom. The standard InChI is InChI=1S/C16H20N4O/c1-2-9-18-16(21)14-11-20-15(12-19-14)17-10-8-13-6-4-3-5-7-13/h3-7,11-12H,2,8-10H2,1H3,(H,17,20)(H,18,21). The molecule has 0 aliphatic heterocycles. The fourth-order valence-electron chi connectivity index (χ4n) is 1.85. The summed E-state index contributed by atoms with van der Waals surface area (Å²) in [6, 6.07) is 10.2. The molecule has 2 N–H and O–H groups in total. The van der Waals surface area contributed by atoms with E-state index in [0.29, 0.717) is 18.1 Å². The third-order valence-electron chi connectivity index (χ3n) is 2.98. The second kappa shape index (κ2) is 7.99. The first kappa shape index (κ1) is 15.0. The number of hydrogen-bond acceptors (Lipinski definition) is 4. The predicted octanol–water partition coefficient (Wildman–Crippen LogP) is 2.27. The molecule has 21 heavy (non-hydrogen) atoms. The fraction of sp³-hybridized carbons (Fsp3) is 0.312. The van der Waals surface area contributed by atoms with Crippen molar-refractivity contribution < 1.29 is 4.79 Å². The van der Waals surface area contributed by atoms with Crippen LogP contribution in [-0.2, 0) is 6.42 Å². The monoisotopic (exact) mass is 284 g/mol. The predicted molar refractivity (Wildman–Crippen MR) is 83.3 cm³/mol. The van der Waals surface area contributed by atoms with Gasteiger partial charge in [0.15, 0.2) is 0 Å². The van der Waals surface area contributed by atoms with Crippen molar-refractivity contribution in [3.8, 4) is 0 Å². The molecule has 0 bridgehead atoms. The third-order valence-corrected chi connectivity index (χ3v) is 2.98. The average Bonchev–Trinajstić information content (AvgIpc) is 2.54. The van der Waals surface area contributed by atoms with Gasteiger partial charge >= 0.3 is 0 Å². The Kier molecular flexibility index (Phi) is 5.70. The van der Waals surface area contributed by atoms with Crippen LogP contribution in [0.15, 0.2) is 42.7 Å². The highest BCUT2D eigenvalue weighted by Crippen LogP contribution is 2.03. The maximum Gasteiger partial charge on any atom is 0.271 e. The summed E-state index contributed by atoms with van der Waals surface area (Å²) in [6.07, 6.45) is 4.90. The zero-order valence-electron chi connectivity index (χ0n) is 12.2. The maximum absolute atomic E-state index is 11.7. The van der Waals surface area contributed by atoms with Gasteiger partial charge in [0, 0.05) is 13.1 Å². The van der Waals surface area contributed by atoms with Crippen LogP contribution in [0.4, 0.5) is 5.82 Å². The number of carbonyl (C=O) groups excluding carboxylic acids is 1. The van der Waals surface area contributed by atoms with Crippen LogP contribution < -0.4 is 10.6 Å². The van der Waals surface area contributed by atoms with Crippen LogP contribution in [0.2, 0.25) is 0 Å². The van der Waals surface area contributed by atoms with Crippen molar-refractivity contribution >= 4 is 11.7 Å². The quantitative estimate of drug-likeness (QED) is 0.818. The number of benzene rings is 1. The molecule has 5 nitrogen and oxygen atoms in total. The molecule has 1 aromatic carbocycles. The van der Waals surface area contributed by atoms with Crippen LogP contribution in [0, 0.1) is 0 Å². The van der Waals surface area contributed by atoms with Crippen molar-refractivity contribution in [2.75, 3.05) is 18.4 Å². The number of carbonyl (C=O) groups is 1. The normalized spacial score (nSPS) is 10.1. The van der Waals surface area contributed by atoms with Gasteiger partial charge in [-0.1, -0.05) is 37.3 Å². The highest BCUT2D eigenvalue weighted by molar-refractivity contribution is 5.91. The van der Waals surface area contributed by atoms with Gasteiger partial charge in [0.25, 0.3) is 5.91 Å². The zero-order chi connectivity index (χ0) is 14.9. The molecule has 1 heterocycles. The van der Waals surface area contributed by atoms with Gasteiger partial charge in [-0.25, -0.2) is 9.97 Å². The molecule has 110 valence electrons. The Bertz CT molecular complexity index is 554. The van der Waals surface area contributed by atoms with E-state index >= 15 is 0 Å². The zero-order valence-corrected chi connectivity index (χ0v) is 12.2. The minimum Gasteiger partial charge on any atom is -0.368 e. The number of amides is 1. The highest BCUT2D eigenvalue weighted by Gasteiger charge is 2.06. The van der Waals surface area contributed by atoms with Crippen molar-refractivity contribution in [3.63, 3.8) is 0 Å². The summed E-state index contributed by atoms with van der Waals surface area (Å²) >= 11 is 0. The van der Waals surface area contributed by atoms with E-state index in [4.69, 9.17) is 0 Å². The van der Waals surface area contributed by atoms with Crippen molar-refractivity contribution in [1.82, 2.24) is 15.3 Å². The first-order chi connectivity index (χ1) is 10.3. The number of nitrogens with one attached hydrogen (secondary N) is 2. The van der Waals surface area contributed by atoms with Crippen molar-refractivity contribution in [2.24, 2.45) is 0 Å². The summed E-state index contributed by atoms with van der Waals surface area (Å²) in [4.78, 5) is 20.0. The summed E-state index contributed by atoms with van der Waals surface area (Å²) in [7, 11) is 0. The Balaban J connectivity index is 1.81. The Hall–Kier alpha value is -2.43. The minimum atomic E-state index is -0.180. The topological polar surface area (TPSA) is 66.9 Å². The molecule has 2 aromatic rings. The second-order valence-corrected chi connectivity index (χ2v) is 4.71. The lowest BCUT2D eigenvalue weighted by atomic mass is 10.1. The molecule has 0 fully saturated rings. The van der Waals surface area contributed by atoms with E-state index in [1.165, 1.54) is 11.8 Å². The summed E-state index contributed by atoms with van der Waals surface area (Å²) in [5.74, 6) is 0.498. The molecule has 2 rings (SSSR count). The third kappa shape index (κ3) is 4.87. The number of rotatable bonds is 7. The van der Waals surface area contributed by atoms with Gasteiger partial charge in [-0.2, -0.15) is 0 Å². The Morgan fingerprint density at radius 1 is 1.10 bits per heavy atom. The van der Waals surface area contributed by atoms with Crippen LogP contribution in [0.3, 0.4) is 0 Å². The average molecular weight is 284 g/mol. The molecule has 0 aliphatic rings. The lowest BCUT2D eigenvalue weighted by Gasteiger charge is -2.06. The molecule has 0 aliphatic carbocycles. The first-order valence-corrected chi connectivity index (χ1v) is 7.17. The largest absolute Gasteiger partial charge is 0.368 e. The van der Waals surface area contributed by atoms with Gasteiger partial charge in [-0.15, -0.1) is 0 Å². The second-order valence-electron chi connectivity index (χ2n) is 4.71. The molecular formula is C16H20N4O. The lowest BCUT2D eigenvalue weighted by molar-refractivity contribution is 0.0948. The molecule has 0 atom stereocenters. The van der Waals surface area contributed by atoms with Crippen LogP contribution in [0.1, 0.15) is 29.4 Å². The summed E-state index contributed by atoms with van der Waals surface area (Å²) in [5.41, 5.74) is 1.62. The van der Waals surface area contributed by atoms with E-state index in [9.17, 15) is 4.79 Å². The van der Waals surface area contributed by atoms with Crippen molar-refractivity contribution in [2.45, 2.75) is 19.8 Å². The lowest BCUT2D eigenvalue weighted by Crippen LogP contribution is -2.25. The molecule has 0 unspecified atom stereocenters. The van der Waals surface area contributed by atoms with Gasteiger partial charge in [0.2, 0.25) is 0 Å². The highest BCUT2D eigenvalue weighted by atomic mass is 16.1. The molecule has 1 amide bonds. The molecule has 0 saturated carbocycles. The van der Waals surface area contributed by atoms with Gasteiger partial charge in [-0.05, 0) is 18.4 Å². The van der Waals surface area contributed by atoms with Gasteiger partial charge < -0.3 is 10.6 Å².